The van der Waals surface area contributed by atoms with Crippen molar-refractivity contribution in [2.75, 3.05) is 9.80 Å². The molecule has 6 heterocycles. The molecule has 63 heavy (non-hydrogen) atoms. The molecule has 0 saturated heterocycles. The molecule has 4 aliphatic rings. The second-order valence-corrected chi connectivity index (χ2v) is 17.1. The van der Waals surface area contributed by atoms with Gasteiger partial charge in [-0.3, -0.25) is 0 Å². The number of fused-ring (bicyclic) bond motifs is 14. The summed E-state index contributed by atoms with van der Waals surface area (Å²) < 4.78 is 19.9. The fourth-order valence-electron chi connectivity index (χ4n) is 11.6. The SMILES string of the molecule is Cc1c2c(cc3c1N(c1ccccc1)c1ccc4c5ccccc5n5c4c1B3Oc1ccccc1-5)B1Oc3ccccc3-n3c4ccccc4c4ccc(c1c43)N2c1ccccc1. The first-order valence-corrected chi connectivity index (χ1v) is 21.7. The third-order valence-corrected chi connectivity index (χ3v) is 14.0. The number of hydrogen-bond donors (Lipinski definition) is 0. The summed E-state index contributed by atoms with van der Waals surface area (Å²) in [4.78, 5) is 4.97. The normalized spacial score (nSPS) is 13.9. The second-order valence-electron chi connectivity index (χ2n) is 17.1. The van der Waals surface area contributed by atoms with E-state index in [-0.39, 0.29) is 0 Å². The molecule has 15 rings (SSSR count). The van der Waals surface area contributed by atoms with Gasteiger partial charge in [0, 0.05) is 66.6 Å². The molecule has 292 valence electrons. The summed E-state index contributed by atoms with van der Waals surface area (Å²) in [6.45, 7) is 1.45. The van der Waals surface area contributed by atoms with Crippen LogP contribution in [0.1, 0.15) is 5.56 Å². The van der Waals surface area contributed by atoms with E-state index in [2.05, 4.69) is 214 Å². The maximum Gasteiger partial charge on any atom is 0.432 e. The lowest BCUT2D eigenvalue weighted by Gasteiger charge is -2.42. The Morgan fingerprint density at radius 2 is 0.794 bits per heavy atom. The van der Waals surface area contributed by atoms with Crippen molar-refractivity contribution in [3.63, 3.8) is 0 Å². The maximum absolute atomic E-state index is 7.52. The summed E-state index contributed by atoms with van der Waals surface area (Å²) in [7, 11) is 0. The van der Waals surface area contributed by atoms with Gasteiger partial charge in [-0.15, -0.1) is 0 Å². The Bertz CT molecular complexity index is 3560. The zero-order valence-electron chi connectivity index (χ0n) is 34.2. The minimum atomic E-state index is -0.429. The largest absolute Gasteiger partial charge is 0.550 e. The van der Waals surface area contributed by atoms with Gasteiger partial charge in [-0.05, 0) is 96.2 Å². The van der Waals surface area contributed by atoms with Crippen molar-refractivity contribution in [3.8, 4) is 22.9 Å². The number of hydrogen-bond acceptors (Lipinski definition) is 4. The fraction of sp³-hybridized carbons (Fsp3) is 0.0182. The van der Waals surface area contributed by atoms with Gasteiger partial charge in [-0.2, -0.15) is 0 Å². The Hall–Kier alpha value is -8.09. The van der Waals surface area contributed by atoms with Gasteiger partial charge in [0.1, 0.15) is 11.5 Å². The van der Waals surface area contributed by atoms with Crippen molar-refractivity contribution in [1.82, 2.24) is 9.13 Å². The highest BCUT2D eigenvalue weighted by Gasteiger charge is 2.49. The Balaban J connectivity index is 1.11. The van der Waals surface area contributed by atoms with Crippen LogP contribution in [0.3, 0.4) is 0 Å². The van der Waals surface area contributed by atoms with Gasteiger partial charge in [0.05, 0.1) is 33.4 Å². The molecule has 0 fully saturated rings. The quantitative estimate of drug-likeness (QED) is 0.163. The molecule has 0 unspecified atom stereocenters. The van der Waals surface area contributed by atoms with Gasteiger partial charge in [0.25, 0.3) is 0 Å². The number of aromatic nitrogens is 2. The van der Waals surface area contributed by atoms with E-state index in [1.165, 1.54) is 32.6 Å². The second kappa shape index (κ2) is 12.1. The third-order valence-electron chi connectivity index (χ3n) is 14.0. The molecule has 0 bridgehead atoms. The van der Waals surface area contributed by atoms with Crippen LogP contribution in [0, 0.1) is 6.92 Å². The molecule has 0 aliphatic carbocycles. The van der Waals surface area contributed by atoms with Gasteiger partial charge >= 0.3 is 13.8 Å². The molecule has 2 aromatic heterocycles. The first-order chi connectivity index (χ1) is 31.2. The Morgan fingerprint density at radius 1 is 0.381 bits per heavy atom. The molecule has 0 saturated carbocycles. The summed E-state index contributed by atoms with van der Waals surface area (Å²) in [5.41, 5.74) is 19.1. The van der Waals surface area contributed by atoms with E-state index in [4.69, 9.17) is 9.31 Å². The van der Waals surface area contributed by atoms with Gasteiger partial charge in [-0.25, -0.2) is 0 Å². The Morgan fingerprint density at radius 3 is 1.27 bits per heavy atom. The molecular formula is C55H34B2N4O2. The van der Waals surface area contributed by atoms with Crippen molar-refractivity contribution in [2.24, 2.45) is 0 Å². The lowest BCUT2D eigenvalue weighted by atomic mass is 9.46. The van der Waals surface area contributed by atoms with Crippen molar-refractivity contribution >= 4 is 113 Å². The summed E-state index contributed by atoms with van der Waals surface area (Å²) >= 11 is 0. The zero-order valence-corrected chi connectivity index (χ0v) is 34.2. The minimum absolute atomic E-state index is 0.429. The van der Waals surface area contributed by atoms with Crippen LogP contribution >= 0.6 is 0 Å². The number of para-hydroxylation sites is 8. The number of anilines is 6. The first kappa shape index (κ1) is 33.6. The predicted octanol–water partition coefficient (Wildman–Crippen LogP) is 10.8. The van der Waals surface area contributed by atoms with Crippen LogP contribution in [0.2, 0.25) is 0 Å². The molecule has 0 N–H and O–H groups in total. The molecule has 8 heteroatoms. The Labute approximate surface area is 363 Å². The van der Waals surface area contributed by atoms with E-state index < -0.39 is 13.8 Å². The van der Waals surface area contributed by atoms with E-state index >= 15 is 0 Å². The highest BCUT2D eigenvalue weighted by molar-refractivity contribution is 6.89. The van der Waals surface area contributed by atoms with Crippen molar-refractivity contribution < 1.29 is 9.31 Å². The molecule has 0 atom stereocenters. The highest BCUT2D eigenvalue weighted by atomic mass is 16.4. The number of benzene rings is 9. The van der Waals surface area contributed by atoms with Crippen molar-refractivity contribution in [1.29, 1.82) is 0 Å². The van der Waals surface area contributed by atoms with Crippen molar-refractivity contribution in [3.05, 3.63) is 194 Å². The van der Waals surface area contributed by atoms with Crippen LogP contribution < -0.4 is 41.0 Å². The Kier molecular flexibility index (Phi) is 6.43. The van der Waals surface area contributed by atoms with E-state index in [1.54, 1.807) is 0 Å². The summed E-state index contributed by atoms with van der Waals surface area (Å²) in [6.07, 6.45) is 0. The van der Waals surface area contributed by atoms with Crippen LogP contribution in [-0.4, -0.2) is 23.0 Å². The van der Waals surface area contributed by atoms with Gasteiger partial charge in [0.2, 0.25) is 0 Å². The zero-order chi connectivity index (χ0) is 41.1. The van der Waals surface area contributed by atoms with Crippen LogP contribution in [0.5, 0.6) is 11.5 Å². The lowest BCUT2D eigenvalue weighted by Crippen LogP contribution is -2.59. The van der Waals surface area contributed by atoms with E-state index in [0.29, 0.717) is 0 Å². The van der Waals surface area contributed by atoms with E-state index in [0.717, 1.165) is 95.4 Å². The topological polar surface area (TPSA) is 34.8 Å². The maximum atomic E-state index is 7.52. The van der Waals surface area contributed by atoms with E-state index in [9.17, 15) is 0 Å². The average Bonchev–Trinajstić information content (AvgIpc) is 3.73. The molecule has 9 aromatic carbocycles. The highest BCUT2D eigenvalue weighted by Crippen LogP contribution is 2.49. The monoisotopic (exact) mass is 804 g/mol. The van der Waals surface area contributed by atoms with Crippen LogP contribution in [0.4, 0.5) is 34.1 Å². The fourth-order valence-corrected chi connectivity index (χ4v) is 11.6. The minimum Gasteiger partial charge on any atom is -0.550 e. The number of rotatable bonds is 2. The first-order valence-electron chi connectivity index (χ1n) is 21.7. The predicted molar refractivity (Wildman–Crippen MR) is 261 cm³/mol. The molecule has 0 spiro atoms. The smallest absolute Gasteiger partial charge is 0.432 e. The summed E-state index contributed by atoms with van der Waals surface area (Å²) in [5.74, 6) is 1.70. The van der Waals surface area contributed by atoms with Gasteiger partial charge in [-0.1, -0.05) is 115 Å². The number of nitrogens with zero attached hydrogens (tertiary/aromatic N) is 4. The molecular weight excluding hydrogens is 770 g/mol. The standard InChI is InChI=1S/C55H34B2N4O2/c1-33-52-40(56-50-46(58(52)34-16-4-2-5-17-34)30-28-38-36-20-8-10-22-42(36)60(54(38)50)44-24-12-14-26-48(44)62-56)32-41-53(33)59(35-18-6-3-7-19-35)47-31-29-39-37-21-9-11-23-43(37)61-45-25-13-15-27-49(45)63-57(41)51(47)55(39)61/h2-32H,1H3. The third kappa shape index (κ3) is 4.20. The molecule has 0 amide bonds. The lowest BCUT2D eigenvalue weighted by molar-refractivity contribution is 0.589. The van der Waals surface area contributed by atoms with Crippen LogP contribution in [-0.2, 0) is 0 Å². The molecule has 0 radical (unpaired) electrons. The molecule has 4 aliphatic heterocycles. The molecule has 11 aromatic rings. The van der Waals surface area contributed by atoms with Gasteiger partial charge < -0.3 is 28.2 Å². The van der Waals surface area contributed by atoms with E-state index in [1.807, 2.05) is 0 Å². The summed E-state index contributed by atoms with van der Waals surface area (Å²) in [6, 6.07) is 68.0. The average molecular weight is 805 g/mol. The van der Waals surface area contributed by atoms with Gasteiger partial charge in [0.15, 0.2) is 0 Å². The molecule has 6 nitrogen and oxygen atoms in total. The van der Waals surface area contributed by atoms with Crippen LogP contribution in [0.25, 0.3) is 55.0 Å². The summed E-state index contributed by atoms with van der Waals surface area (Å²) in [5, 5.41) is 4.88. The van der Waals surface area contributed by atoms with Crippen molar-refractivity contribution in [2.45, 2.75) is 6.92 Å². The van der Waals surface area contributed by atoms with Crippen LogP contribution in [0.15, 0.2) is 188 Å².